The van der Waals surface area contributed by atoms with Crippen LogP contribution in [0.5, 0.6) is 11.5 Å². The highest BCUT2D eigenvalue weighted by atomic mass is 16.5. The first-order valence-corrected chi connectivity index (χ1v) is 8.60. The number of aliphatic hydroxyl groups excluding tert-OH is 1. The second-order valence-corrected chi connectivity index (χ2v) is 6.02. The molecule has 3 rings (SSSR count). The lowest BCUT2D eigenvalue weighted by Crippen LogP contribution is -2.24. The van der Waals surface area contributed by atoms with Gasteiger partial charge in [-0.3, -0.25) is 0 Å². The van der Waals surface area contributed by atoms with E-state index in [4.69, 9.17) is 9.47 Å². The second kappa shape index (κ2) is 8.03. The van der Waals surface area contributed by atoms with Crippen molar-refractivity contribution in [3.05, 3.63) is 54.4 Å². The molecule has 1 aromatic heterocycles. The van der Waals surface area contributed by atoms with E-state index in [0.29, 0.717) is 12.3 Å². The normalized spacial score (nSPS) is 12.3. The zero-order valence-electron chi connectivity index (χ0n) is 14.7. The molecular formula is C20H24N2O3. The third-order valence-electron chi connectivity index (χ3n) is 4.10. The predicted octanol–water partition coefficient (Wildman–Crippen LogP) is 3.44. The molecule has 1 heterocycles. The van der Waals surface area contributed by atoms with Crippen LogP contribution in [-0.2, 0) is 13.0 Å². The highest BCUT2D eigenvalue weighted by Crippen LogP contribution is 2.19. The van der Waals surface area contributed by atoms with E-state index >= 15 is 0 Å². The molecule has 1 atom stereocenters. The summed E-state index contributed by atoms with van der Waals surface area (Å²) in [6.45, 7) is 2.82. The van der Waals surface area contributed by atoms with Crippen LogP contribution in [0.4, 0.5) is 0 Å². The van der Waals surface area contributed by atoms with Gasteiger partial charge in [0.2, 0.25) is 0 Å². The minimum absolute atomic E-state index is 0.227. The highest BCUT2D eigenvalue weighted by Gasteiger charge is 2.14. The van der Waals surface area contributed by atoms with E-state index < -0.39 is 6.10 Å². The number of methoxy groups -OCH3 is 1. The number of hydrogen-bond acceptors (Lipinski definition) is 4. The lowest BCUT2D eigenvalue weighted by atomic mass is 10.3. The average Bonchev–Trinajstić information content (AvgIpc) is 2.98. The molecule has 0 saturated carbocycles. The van der Waals surface area contributed by atoms with Crippen LogP contribution in [0.1, 0.15) is 19.2 Å². The molecule has 0 aliphatic rings. The monoisotopic (exact) mass is 340 g/mol. The van der Waals surface area contributed by atoms with Gasteiger partial charge in [0, 0.05) is 6.42 Å². The van der Waals surface area contributed by atoms with Gasteiger partial charge in [-0.25, -0.2) is 4.98 Å². The molecule has 0 aliphatic carbocycles. The van der Waals surface area contributed by atoms with Crippen molar-refractivity contribution in [3.63, 3.8) is 0 Å². The van der Waals surface area contributed by atoms with Crippen molar-refractivity contribution in [1.29, 1.82) is 0 Å². The maximum absolute atomic E-state index is 10.4. The van der Waals surface area contributed by atoms with Crippen LogP contribution < -0.4 is 9.47 Å². The number of fused-ring (bicyclic) bond motifs is 1. The topological polar surface area (TPSA) is 56.5 Å². The molecule has 0 radical (unpaired) electrons. The molecule has 132 valence electrons. The Labute approximate surface area is 147 Å². The van der Waals surface area contributed by atoms with Crippen LogP contribution in [0.3, 0.4) is 0 Å². The number of aryl methyl sites for hydroxylation is 1. The molecule has 0 saturated heterocycles. The summed E-state index contributed by atoms with van der Waals surface area (Å²) in [5, 5.41) is 10.4. The predicted molar refractivity (Wildman–Crippen MR) is 98.2 cm³/mol. The number of nitrogens with zero attached hydrogens (tertiary/aromatic N) is 2. The van der Waals surface area contributed by atoms with Crippen LogP contribution in [0.15, 0.2) is 48.5 Å². The maximum Gasteiger partial charge on any atom is 0.119 e. The molecule has 0 bridgehead atoms. The summed E-state index contributed by atoms with van der Waals surface area (Å²) in [4.78, 5) is 4.69. The minimum atomic E-state index is -0.615. The van der Waals surface area contributed by atoms with E-state index in [-0.39, 0.29) is 6.61 Å². The van der Waals surface area contributed by atoms with E-state index in [9.17, 15) is 5.11 Å². The molecular weight excluding hydrogens is 316 g/mol. The Balaban J connectivity index is 1.68. The molecule has 5 heteroatoms. The fourth-order valence-electron chi connectivity index (χ4n) is 2.87. The van der Waals surface area contributed by atoms with Crippen molar-refractivity contribution in [1.82, 2.24) is 9.55 Å². The summed E-state index contributed by atoms with van der Waals surface area (Å²) in [6.07, 6.45) is 1.29. The van der Waals surface area contributed by atoms with E-state index in [1.54, 1.807) is 7.11 Å². The van der Waals surface area contributed by atoms with Gasteiger partial charge in [0.1, 0.15) is 30.0 Å². The molecule has 0 amide bonds. The van der Waals surface area contributed by atoms with Gasteiger partial charge in [-0.15, -0.1) is 0 Å². The lowest BCUT2D eigenvalue weighted by Gasteiger charge is -2.15. The van der Waals surface area contributed by atoms with Crippen LogP contribution in [0.25, 0.3) is 11.0 Å². The van der Waals surface area contributed by atoms with Gasteiger partial charge in [0.15, 0.2) is 0 Å². The number of rotatable bonds is 8. The molecule has 2 aromatic carbocycles. The van der Waals surface area contributed by atoms with E-state index in [1.165, 1.54) is 0 Å². The van der Waals surface area contributed by atoms with Crippen molar-refractivity contribution in [2.75, 3.05) is 13.7 Å². The summed E-state index contributed by atoms with van der Waals surface area (Å²) < 4.78 is 12.9. The second-order valence-electron chi connectivity index (χ2n) is 6.02. The van der Waals surface area contributed by atoms with Crippen molar-refractivity contribution < 1.29 is 14.6 Å². The number of benzene rings is 2. The van der Waals surface area contributed by atoms with Crippen molar-refractivity contribution in [2.24, 2.45) is 0 Å². The van der Waals surface area contributed by atoms with Crippen molar-refractivity contribution >= 4 is 11.0 Å². The molecule has 0 unspecified atom stereocenters. The fourth-order valence-corrected chi connectivity index (χ4v) is 2.87. The number of para-hydroxylation sites is 2. The van der Waals surface area contributed by atoms with Gasteiger partial charge in [-0.05, 0) is 42.8 Å². The van der Waals surface area contributed by atoms with Gasteiger partial charge in [0.25, 0.3) is 0 Å². The first kappa shape index (κ1) is 17.3. The summed E-state index contributed by atoms with van der Waals surface area (Å²) >= 11 is 0. The number of hydrogen-bond donors (Lipinski definition) is 1. The quantitative estimate of drug-likeness (QED) is 0.682. The molecule has 1 N–H and O–H groups in total. The smallest absolute Gasteiger partial charge is 0.119 e. The highest BCUT2D eigenvalue weighted by molar-refractivity contribution is 5.75. The zero-order chi connectivity index (χ0) is 17.6. The third-order valence-corrected chi connectivity index (χ3v) is 4.10. The molecule has 0 fully saturated rings. The summed E-state index contributed by atoms with van der Waals surface area (Å²) in [5.41, 5.74) is 2.02. The molecule has 0 aliphatic heterocycles. The van der Waals surface area contributed by atoms with Crippen LogP contribution in [0.2, 0.25) is 0 Å². The van der Waals surface area contributed by atoms with Crippen LogP contribution in [0, 0.1) is 0 Å². The van der Waals surface area contributed by atoms with Gasteiger partial charge in [-0.2, -0.15) is 0 Å². The third kappa shape index (κ3) is 4.12. The van der Waals surface area contributed by atoms with Crippen LogP contribution in [-0.4, -0.2) is 34.5 Å². The Morgan fingerprint density at radius 3 is 2.52 bits per heavy atom. The fraction of sp³-hybridized carbons (Fsp3) is 0.350. The Morgan fingerprint density at radius 2 is 1.80 bits per heavy atom. The van der Waals surface area contributed by atoms with Gasteiger partial charge in [0.05, 0.1) is 24.7 Å². The number of aliphatic hydroxyl groups is 1. The number of aromatic nitrogens is 2. The first-order chi connectivity index (χ1) is 12.2. The van der Waals surface area contributed by atoms with E-state index in [2.05, 4.69) is 16.5 Å². The largest absolute Gasteiger partial charge is 0.497 e. The number of ether oxygens (including phenoxy) is 2. The molecule has 3 aromatic rings. The molecule has 0 spiro atoms. The lowest BCUT2D eigenvalue weighted by molar-refractivity contribution is 0.0927. The van der Waals surface area contributed by atoms with Gasteiger partial charge >= 0.3 is 0 Å². The summed E-state index contributed by atoms with van der Waals surface area (Å²) in [6, 6.07) is 15.4. The summed E-state index contributed by atoms with van der Waals surface area (Å²) in [5.74, 6) is 2.50. The average molecular weight is 340 g/mol. The molecule has 5 nitrogen and oxygen atoms in total. The Kier molecular flexibility index (Phi) is 5.56. The van der Waals surface area contributed by atoms with Gasteiger partial charge in [-0.1, -0.05) is 19.1 Å². The SMILES string of the molecule is CCCc1nc2ccccc2n1C[C@H](O)COc1ccc(OC)cc1. The Morgan fingerprint density at radius 1 is 1.08 bits per heavy atom. The number of imidazole rings is 1. The summed E-state index contributed by atoms with van der Waals surface area (Å²) in [7, 11) is 1.63. The zero-order valence-corrected chi connectivity index (χ0v) is 14.7. The Hall–Kier alpha value is -2.53. The van der Waals surface area contributed by atoms with Gasteiger partial charge < -0.3 is 19.1 Å². The van der Waals surface area contributed by atoms with Crippen LogP contribution >= 0.6 is 0 Å². The Bertz CT molecular complexity index is 811. The van der Waals surface area contributed by atoms with Crippen molar-refractivity contribution in [2.45, 2.75) is 32.4 Å². The maximum atomic E-state index is 10.4. The molecule has 25 heavy (non-hydrogen) atoms. The van der Waals surface area contributed by atoms with E-state index in [0.717, 1.165) is 35.4 Å². The first-order valence-electron chi connectivity index (χ1n) is 8.60. The van der Waals surface area contributed by atoms with Crippen molar-refractivity contribution in [3.8, 4) is 11.5 Å². The minimum Gasteiger partial charge on any atom is -0.497 e. The van der Waals surface area contributed by atoms with E-state index in [1.807, 2.05) is 48.5 Å². The standard InChI is InChI=1S/C20H24N2O3/c1-3-6-20-21-18-7-4-5-8-19(18)22(20)13-15(23)14-25-17-11-9-16(24-2)10-12-17/h4-5,7-12,15,23H,3,6,13-14H2,1-2H3/t15-/m0/s1.